The maximum Gasteiger partial charge on any atom is 0.146 e. The first kappa shape index (κ1) is 121. The van der Waals surface area contributed by atoms with Crippen molar-refractivity contribution in [1.29, 1.82) is 0 Å². The van der Waals surface area contributed by atoms with Crippen LogP contribution in [0, 0.1) is 11.8 Å². The van der Waals surface area contributed by atoms with E-state index in [0.717, 1.165) is 91.0 Å². The number of hydrazone groups is 3. The van der Waals surface area contributed by atoms with Crippen molar-refractivity contribution in [2.24, 2.45) is 37.5 Å². The smallest absolute Gasteiger partial charge is 0.146 e. The van der Waals surface area contributed by atoms with Gasteiger partial charge < -0.3 is 50.2 Å². The Bertz CT molecular complexity index is 881. The first-order chi connectivity index (χ1) is 42.5. The number of rotatable bonds is 0. The summed E-state index contributed by atoms with van der Waals surface area (Å²) in [6.07, 6.45) is 20.2. The number of hydrogen-bond donors (Lipinski definition) is 5. The molecule has 0 saturated carbocycles. The van der Waals surface area contributed by atoms with Crippen molar-refractivity contribution in [3.63, 3.8) is 0 Å². The molecule has 86 heavy (non-hydrogen) atoms. The summed E-state index contributed by atoms with van der Waals surface area (Å²) in [6.45, 7) is 82.2. The molecule has 5 saturated heterocycles. The van der Waals surface area contributed by atoms with Crippen LogP contribution < -0.4 is 26.9 Å². The Morgan fingerprint density at radius 2 is 0.919 bits per heavy atom. The third-order valence-corrected chi connectivity index (χ3v) is 9.23. The zero-order valence-electron chi connectivity index (χ0n) is 65.4. The molecule has 16 nitrogen and oxygen atoms in total. The van der Waals surface area contributed by atoms with E-state index < -0.39 is 0 Å². The molecule has 0 radical (unpaired) electrons. The van der Waals surface area contributed by atoms with Gasteiger partial charge in [-0.2, -0.15) is 27.1 Å². The molecule has 0 spiro atoms. The van der Waals surface area contributed by atoms with E-state index in [1.54, 1.807) is 6.21 Å². The fourth-order valence-electron chi connectivity index (χ4n) is 4.55. The highest BCUT2D eigenvalue weighted by Gasteiger charge is 2.03. The second-order valence-corrected chi connectivity index (χ2v) is 15.4. The van der Waals surface area contributed by atoms with Gasteiger partial charge in [0.15, 0.2) is 0 Å². The molecule has 0 aliphatic carbocycles. The summed E-state index contributed by atoms with van der Waals surface area (Å²) in [5.74, 6) is 4.01. The lowest BCUT2D eigenvalue weighted by Gasteiger charge is -2.12. The summed E-state index contributed by atoms with van der Waals surface area (Å²) >= 11 is 2.07. The van der Waals surface area contributed by atoms with Gasteiger partial charge >= 0.3 is 0 Å². The quantitative estimate of drug-likeness (QED) is 0.155. The van der Waals surface area contributed by atoms with Crippen LogP contribution in [0.4, 0.5) is 0 Å². The Kier molecular flexibility index (Phi) is 225. The zero-order chi connectivity index (χ0) is 70.4. The molecular weight excluding hydrogens is 1100 g/mol. The fourth-order valence-corrected chi connectivity index (χ4v) is 5.57. The Hall–Kier alpha value is -2.54. The first-order valence-electron chi connectivity index (χ1n) is 35.9. The number of ether oxygens (including phenoxy) is 4. The molecule has 0 aromatic rings. The molecule has 17 heteroatoms. The summed E-state index contributed by atoms with van der Waals surface area (Å²) in [4.78, 5) is 9.27. The molecule has 0 aromatic heterocycles. The lowest BCUT2D eigenvalue weighted by Crippen LogP contribution is -2.23. The summed E-state index contributed by atoms with van der Waals surface area (Å²) in [7, 11) is 0. The van der Waals surface area contributed by atoms with E-state index in [2.05, 4.69) is 102 Å². The average molecular weight is 1270 g/mol. The topological polar surface area (TPSA) is 177 Å². The standard InChI is InChI=1S/C5H10N2.2C4H8N2.2C4H7NO.C4H9N.C4H8O.C4H8S.C3H7NO.C3H6O2.15C2H6/c1-5-3-2-4-6-7-5;1-4-2-5-6-3-4;1-4-2-3-5-6-4;1-4-2-5-6-3-4;1-4-2-3-6-5-4;3*1-2-4-5-3-1;2*1-2-5-3-4-1;15*1-2/h4-5,7H,2-3H2,1H3;2,4,6H,3H2,1H3;3-4,6H,2H2,1H3;2,4H,3H2,1H3;2-3H2,1H3;5H,1-4H2;2*1-4H2;4H,1-3H2;1-3H2;15*1-2H3. The second-order valence-electron chi connectivity index (χ2n) is 14.1. The van der Waals surface area contributed by atoms with E-state index in [4.69, 9.17) is 18.9 Å². The maximum absolute atomic E-state index is 4.94. The number of thioether (sulfide) groups is 1. The van der Waals surface area contributed by atoms with E-state index in [9.17, 15) is 0 Å². The van der Waals surface area contributed by atoms with Crippen LogP contribution in [-0.2, 0) is 28.6 Å². The summed E-state index contributed by atoms with van der Waals surface area (Å²) in [5.41, 5.74) is 9.79. The number of oxime groups is 2. The molecule has 10 aliphatic heterocycles. The molecule has 4 atom stereocenters. The van der Waals surface area contributed by atoms with Gasteiger partial charge in [-0.25, -0.2) is 0 Å². The molecule has 536 valence electrons. The van der Waals surface area contributed by atoms with Crippen molar-refractivity contribution in [1.82, 2.24) is 26.9 Å². The Labute approximate surface area is 548 Å². The van der Waals surface area contributed by atoms with Gasteiger partial charge in [-0.05, 0) is 96.7 Å². The first-order valence-corrected chi connectivity index (χ1v) is 37.0. The van der Waals surface area contributed by atoms with Gasteiger partial charge in [0.25, 0.3) is 0 Å². The van der Waals surface area contributed by atoms with Crippen molar-refractivity contribution in [3.05, 3.63) is 0 Å². The molecule has 10 heterocycles. The van der Waals surface area contributed by atoms with Crippen LogP contribution >= 0.6 is 11.8 Å². The van der Waals surface area contributed by atoms with Crippen molar-refractivity contribution in [2.45, 2.75) is 319 Å². The van der Waals surface area contributed by atoms with Gasteiger partial charge in [0.05, 0.1) is 38.5 Å². The third-order valence-electron chi connectivity index (χ3n) is 8.07. The minimum absolute atomic E-state index is 0.500. The maximum atomic E-state index is 4.94. The van der Waals surface area contributed by atoms with Crippen molar-refractivity contribution >= 4 is 42.3 Å². The van der Waals surface area contributed by atoms with Gasteiger partial charge in [-0.1, -0.05) is 232 Å². The molecule has 10 aliphatic rings. The van der Waals surface area contributed by atoms with E-state index >= 15 is 0 Å². The molecule has 10 rings (SSSR count). The summed E-state index contributed by atoms with van der Waals surface area (Å²) in [6, 6.07) is 1.16. The van der Waals surface area contributed by atoms with Crippen LogP contribution in [0.3, 0.4) is 0 Å². The van der Waals surface area contributed by atoms with Crippen molar-refractivity contribution in [3.8, 4) is 0 Å². The van der Waals surface area contributed by atoms with Crippen LogP contribution in [-0.4, -0.2) is 140 Å². The van der Waals surface area contributed by atoms with E-state index in [1.807, 2.05) is 233 Å². The molecule has 4 unspecified atom stereocenters. The normalized spacial score (nSPS) is 18.2. The summed E-state index contributed by atoms with van der Waals surface area (Å²) < 4.78 is 19.2. The Balaban J connectivity index is -0.0000000478. The van der Waals surface area contributed by atoms with Crippen LogP contribution in [0.2, 0.25) is 0 Å². The lowest BCUT2D eigenvalue weighted by molar-refractivity contribution is 0.0692. The van der Waals surface area contributed by atoms with Crippen molar-refractivity contribution in [2.75, 3.05) is 97.5 Å². The largest absolute Gasteiger partial charge is 0.395 e. The molecule has 5 fully saturated rings. The Morgan fingerprint density at radius 1 is 0.442 bits per heavy atom. The number of hydrogen-bond acceptors (Lipinski definition) is 17. The van der Waals surface area contributed by atoms with Crippen LogP contribution in [0.1, 0.15) is 307 Å². The van der Waals surface area contributed by atoms with Crippen LogP contribution in [0.25, 0.3) is 0 Å². The predicted molar refractivity (Wildman–Crippen MR) is 404 cm³/mol. The molecular formula is C69H168N10O6S. The monoisotopic (exact) mass is 1270 g/mol. The molecule has 0 aromatic carbocycles. The highest BCUT2D eigenvalue weighted by atomic mass is 32.2. The van der Waals surface area contributed by atoms with E-state index in [0.29, 0.717) is 30.7 Å². The third kappa shape index (κ3) is 154. The predicted octanol–water partition coefficient (Wildman–Crippen LogP) is 20.4. The second kappa shape index (κ2) is 160. The van der Waals surface area contributed by atoms with Gasteiger partial charge in [-0.3, -0.25) is 5.32 Å². The number of nitrogens with one attached hydrogen (secondary N) is 5. The van der Waals surface area contributed by atoms with E-state index in [-0.39, 0.29) is 0 Å². The highest BCUT2D eigenvalue weighted by Crippen LogP contribution is 2.14. The zero-order valence-corrected chi connectivity index (χ0v) is 66.2. The van der Waals surface area contributed by atoms with Crippen LogP contribution in [0.15, 0.2) is 25.6 Å². The van der Waals surface area contributed by atoms with Gasteiger partial charge in [0.1, 0.15) is 20.0 Å². The molecule has 0 bridgehead atoms. The van der Waals surface area contributed by atoms with Gasteiger partial charge in [-0.15, -0.1) is 0 Å². The van der Waals surface area contributed by atoms with E-state index in [1.165, 1.54) is 69.5 Å². The van der Waals surface area contributed by atoms with Gasteiger partial charge in [0, 0.05) is 81.7 Å². The summed E-state index contributed by atoms with van der Waals surface area (Å²) in [5, 5.41) is 24.9. The average Bonchev–Trinajstić information content (AvgIpc) is 4.45. The van der Waals surface area contributed by atoms with Crippen LogP contribution in [0.5, 0.6) is 0 Å². The lowest BCUT2D eigenvalue weighted by atomic mass is 10.2. The number of nitrogens with zero attached hydrogens (tertiary/aromatic N) is 5. The minimum atomic E-state index is 0.500. The highest BCUT2D eigenvalue weighted by molar-refractivity contribution is 7.99. The SMILES string of the molecule is C1CCNC1.C1CCOC1.C1CCSC1.C1COCN1.C1COCO1.CC.CC.CC.CC.CC.CC.CC.CC.CC.CC.CC.CC.CC.CC.CC.CC1=NOCC1.CC1C=NNC1.CC1C=NOC1.CC1CC=NN1.CC1CCC=NN1. The minimum Gasteiger partial charge on any atom is -0.395 e. The van der Waals surface area contributed by atoms with Crippen molar-refractivity contribution < 1.29 is 28.6 Å². The van der Waals surface area contributed by atoms with Gasteiger partial charge in [0.2, 0.25) is 0 Å². The molecule has 0 amide bonds. The Morgan fingerprint density at radius 3 is 1.05 bits per heavy atom. The fraction of sp³-hybridized carbons (Fsp3) is 0.928. The molecule has 5 N–H and O–H groups in total.